The first-order chi connectivity index (χ1) is 10.6. The molecule has 0 unspecified atom stereocenters. The third-order valence-electron chi connectivity index (χ3n) is 3.53. The second-order valence-electron chi connectivity index (χ2n) is 4.96. The number of hydrogen-bond acceptors (Lipinski definition) is 3. The van der Waals surface area contributed by atoms with Gasteiger partial charge < -0.3 is 14.7 Å². The Bertz CT molecular complexity index is 721. The molecule has 0 spiro atoms. The van der Waals surface area contributed by atoms with Crippen molar-refractivity contribution in [2.75, 3.05) is 18.1 Å². The molecule has 6 heteroatoms. The van der Waals surface area contributed by atoms with Crippen LogP contribution < -0.4 is 9.64 Å². The number of carboxylic acid groups (broad SMARTS) is 1. The molecule has 0 bridgehead atoms. The van der Waals surface area contributed by atoms with Gasteiger partial charge in [-0.15, -0.1) is 0 Å². The van der Waals surface area contributed by atoms with Gasteiger partial charge in [-0.1, -0.05) is 41.9 Å². The highest BCUT2D eigenvalue weighted by Crippen LogP contribution is 2.40. The Kier molecular flexibility index (Phi) is 3.90. The maximum absolute atomic E-state index is 14.0. The molecule has 2 aromatic rings. The minimum absolute atomic E-state index is 0.0385. The third-order valence-corrected chi connectivity index (χ3v) is 3.81. The van der Waals surface area contributed by atoms with Crippen LogP contribution in [0.4, 0.5) is 10.1 Å². The van der Waals surface area contributed by atoms with Crippen LogP contribution in [0, 0.1) is 5.82 Å². The second-order valence-corrected chi connectivity index (χ2v) is 5.36. The fourth-order valence-corrected chi connectivity index (χ4v) is 2.71. The van der Waals surface area contributed by atoms with E-state index in [1.165, 1.54) is 6.07 Å². The number of nitrogens with zero attached hydrogens (tertiary/aromatic N) is 1. The fraction of sp³-hybridized carbons (Fsp3) is 0.188. The summed E-state index contributed by atoms with van der Waals surface area (Å²) in [6, 6.07) is 11.1. The summed E-state index contributed by atoms with van der Waals surface area (Å²) in [6.45, 7) is 1.43. The number of hydrogen-bond donors (Lipinski definition) is 1. The molecule has 0 atom stereocenters. The Labute approximate surface area is 131 Å². The number of ether oxygens (including phenoxy) is 1. The minimum atomic E-state index is -1.39. The SMILES string of the molecule is O=C(O)c1c(F)c(Cl)cc2c1OCCN2Cc1ccccc1. The van der Waals surface area contributed by atoms with E-state index < -0.39 is 17.3 Å². The van der Waals surface area contributed by atoms with Crippen LogP contribution in [0.5, 0.6) is 5.75 Å². The van der Waals surface area contributed by atoms with Crippen molar-refractivity contribution in [1.29, 1.82) is 0 Å². The summed E-state index contributed by atoms with van der Waals surface area (Å²) >= 11 is 5.84. The lowest BCUT2D eigenvalue weighted by atomic mass is 10.1. The van der Waals surface area contributed by atoms with Crippen LogP contribution >= 0.6 is 11.6 Å². The van der Waals surface area contributed by atoms with Crippen molar-refractivity contribution in [2.24, 2.45) is 0 Å². The number of benzene rings is 2. The molecule has 4 nitrogen and oxygen atoms in total. The maximum Gasteiger partial charge on any atom is 0.342 e. The lowest BCUT2D eigenvalue weighted by molar-refractivity contribution is 0.0686. The van der Waals surface area contributed by atoms with Crippen molar-refractivity contribution in [3.8, 4) is 5.75 Å². The molecule has 0 aromatic heterocycles. The molecule has 0 radical (unpaired) electrons. The summed E-state index contributed by atoms with van der Waals surface area (Å²) in [5.41, 5.74) is 1.05. The van der Waals surface area contributed by atoms with Crippen molar-refractivity contribution >= 4 is 23.3 Å². The molecule has 0 amide bonds. The van der Waals surface area contributed by atoms with Crippen LogP contribution in [0.15, 0.2) is 36.4 Å². The van der Waals surface area contributed by atoms with E-state index in [1.807, 2.05) is 35.2 Å². The summed E-state index contributed by atoms with van der Waals surface area (Å²) in [5.74, 6) is -2.32. The monoisotopic (exact) mass is 321 g/mol. The Morgan fingerprint density at radius 1 is 1.36 bits per heavy atom. The lowest BCUT2D eigenvalue weighted by Gasteiger charge is -2.32. The van der Waals surface area contributed by atoms with Crippen LogP contribution in [-0.2, 0) is 6.54 Å². The molecular formula is C16H13ClFNO3. The van der Waals surface area contributed by atoms with Gasteiger partial charge in [0.25, 0.3) is 0 Å². The number of halogens is 2. The average molecular weight is 322 g/mol. The van der Waals surface area contributed by atoms with E-state index in [1.54, 1.807) is 0 Å². The molecule has 0 saturated heterocycles. The quantitative estimate of drug-likeness (QED) is 0.939. The highest BCUT2D eigenvalue weighted by Gasteiger charge is 2.29. The molecule has 1 N–H and O–H groups in total. The molecule has 0 fully saturated rings. The zero-order valence-electron chi connectivity index (χ0n) is 11.6. The van der Waals surface area contributed by atoms with Crippen LogP contribution in [0.25, 0.3) is 0 Å². The van der Waals surface area contributed by atoms with Crippen molar-refractivity contribution in [2.45, 2.75) is 6.54 Å². The first kappa shape index (κ1) is 14.7. The molecule has 0 saturated carbocycles. The van der Waals surface area contributed by atoms with Crippen LogP contribution in [0.1, 0.15) is 15.9 Å². The standard InChI is InChI=1S/C16H13ClFNO3/c17-11-8-12-15(13(14(11)18)16(20)21)22-7-6-19(12)9-10-4-2-1-3-5-10/h1-5,8H,6-7,9H2,(H,20,21). The van der Waals surface area contributed by atoms with Crippen molar-refractivity contribution in [1.82, 2.24) is 0 Å². The van der Waals surface area contributed by atoms with E-state index in [4.69, 9.17) is 16.3 Å². The number of carboxylic acids is 1. The largest absolute Gasteiger partial charge is 0.489 e. The van der Waals surface area contributed by atoms with Crippen LogP contribution in [0.2, 0.25) is 5.02 Å². The Hall–Kier alpha value is -2.27. The average Bonchev–Trinajstić information content (AvgIpc) is 2.50. The van der Waals surface area contributed by atoms with Gasteiger partial charge in [-0.25, -0.2) is 9.18 Å². The number of rotatable bonds is 3. The number of anilines is 1. The summed E-state index contributed by atoms with van der Waals surface area (Å²) in [7, 11) is 0. The van der Waals surface area contributed by atoms with E-state index in [0.717, 1.165) is 5.56 Å². The van der Waals surface area contributed by atoms with Crippen molar-refractivity contribution < 1.29 is 19.0 Å². The number of fused-ring (bicyclic) bond motifs is 1. The van der Waals surface area contributed by atoms with Gasteiger partial charge >= 0.3 is 5.97 Å². The van der Waals surface area contributed by atoms with Gasteiger partial charge in [-0.2, -0.15) is 0 Å². The van der Waals surface area contributed by atoms with Crippen LogP contribution in [-0.4, -0.2) is 24.2 Å². The smallest absolute Gasteiger partial charge is 0.342 e. The Morgan fingerprint density at radius 3 is 2.77 bits per heavy atom. The van der Waals surface area contributed by atoms with E-state index in [9.17, 15) is 14.3 Å². The summed E-state index contributed by atoms with van der Waals surface area (Å²) in [5, 5.41) is 9.00. The highest BCUT2D eigenvalue weighted by atomic mass is 35.5. The fourth-order valence-electron chi connectivity index (χ4n) is 2.51. The van der Waals surface area contributed by atoms with Gasteiger partial charge in [-0.3, -0.25) is 0 Å². The predicted molar refractivity (Wildman–Crippen MR) is 81.4 cm³/mol. The third kappa shape index (κ3) is 2.60. The molecule has 2 aromatic carbocycles. The molecule has 114 valence electrons. The number of aromatic carboxylic acids is 1. The predicted octanol–water partition coefficient (Wildman–Crippen LogP) is 3.58. The first-order valence-corrected chi connectivity index (χ1v) is 7.12. The lowest BCUT2D eigenvalue weighted by Crippen LogP contribution is -2.33. The van der Waals surface area contributed by atoms with Crippen molar-refractivity contribution in [3.05, 3.63) is 58.4 Å². The molecule has 0 aliphatic carbocycles. The van der Waals surface area contributed by atoms with Gasteiger partial charge in [0.1, 0.15) is 12.2 Å². The van der Waals surface area contributed by atoms with Gasteiger partial charge in [-0.05, 0) is 11.6 Å². The zero-order chi connectivity index (χ0) is 15.7. The molecule has 3 rings (SSSR count). The summed E-state index contributed by atoms with van der Waals surface area (Å²) < 4.78 is 19.4. The second kappa shape index (κ2) is 5.85. The van der Waals surface area contributed by atoms with Gasteiger partial charge in [0.15, 0.2) is 11.6 Å². The topological polar surface area (TPSA) is 49.8 Å². The van der Waals surface area contributed by atoms with E-state index >= 15 is 0 Å². The van der Waals surface area contributed by atoms with E-state index in [2.05, 4.69) is 0 Å². The highest BCUT2D eigenvalue weighted by molar-refractivity contribution is 6.31. The number of carbonyl (C=O) groups is 1. The van der Waals surface area contributed by atoms with E-state index in [0.29, 0.717) is 25.4 Å². The Morgan fingerprint density at radius 2 is 2.09 bits per heavy atom. The molecule has 1 heterocycles. The summed E-state index contributed by atoms with van der Waals surface area (Å²) in [6.07, 6.45) is 0. The van der Waals surface area contributed by atoms with Gasteiger partial charge in [0.2, 0.25) is 0 Å². The van der Waals surface area contributed by atoms with Crippen molar-refractivity contribution in [3.63, 3.8) is 0 Å². The molecule has 22 heavy (non-hydrogen) atoms. The normalized spacial score (nSPS) is 13.5. The van der Waals surface area contributed by atoms with E-state index in [-0.39, 0.29) is 10.8 Å². The van der Waals surface area contributed by atoms with Gasteiger partial charge in [0.05, 0.1) is 17.3 Å². The van der Waals surface area contributed by atoms with Crippen LogP contribution in [0.3, 0.4) is 0 Å². The minimum Gasteiger partial charge on any atom is -0.489 e. The Balaban J connectivity index is 2.05. The molecular weight excluding hydrogens is 309 g/mol. The molecule has 1 aliphatic rings. The first-order valence-electron chi connectivity index (χ1n) is 6.75. The maximum atomic E-state index is 14.0. The molecule has 1 aliphatic heterocycles. The summed E-state index contributed by atoms with van der Waals surface area (Å²) in [4.78, 5) is 13.3. The zero-order valence-corrected chi connectivity index (χ0v) is 12.3. The van der Waals surface area contributed by atoms with Gasteiger partial charge in [0, 0.05) is 6.54 Å².